The Kier molecular flexibility index (Phi) is 6.02. The molecule has 2 atom stereocenters. The van der Waals surface area contributed by atoms with Gasteiger partial charge in [0.05, 0.1) is 21.3 Å². The van der Waals surface area contributed by atoms with Gasteiger partial charge in [0.15, 0.2) is 17.5 Å². The topological polar surface area (TPSA) is 56.0 Å². The van der Waals surface area contributed by atoms with Crippen LogP contribution in [0.5, 0.6) is 0 Å². The fourth-order valence-electron chi connectivity index (χ4n) is 8.36. The molecule has 0 fully saturated rings. The average molecular weight is 672 g/mol. The summed E-state index contributed by atoms with van der Waals surface area (Å²) in [6.07, 6.45) is 6.51. The van der Waals surface area contributed by atoms with Gasteiger partial charge < -0.3 is 4.40 Å². The fourth-order valence-corrected chi connectivity index (χ4v) is 9.89. The van der Waals surface area contributed by atoms with E-state index in [1.165, 1.54) is 59.7 Å². The van der Waals surface area contributed by atoms with E-state index in [4.69, 9.17) is 15.0 Å². The Balaban J connectivity index is 1.19. The molecular formula is C45H29N5S. The Morgan fingerprint density at radius 3 is 2.00 bits per heavy atom. The number of fused-ring (bicyclic) bond motifs is 9. The van der Waals surface area contributed by atoms with Crippen molar-refractivity contribution in [2.75, 3.05) is 0 Å². The third-order valence-electron chi connectivity index (χ3n) is 10.7. The molecule has 11 rings (SSSR count). The maximum Gasteiger partial charge on any atom is 0.182 e. The lowest BCUT2D eigenvalue weighted by Gasteiger charge is -2.36. The molecule has 9 aromatic rings. The summed E-state index contributed by atoms with van der Waals surface area (Å²) < 4.78 is 2.20. The number of thioether (sulfide) groups is 1. The quantitative estimate of drug-likeness (QED) is 0.186. The van der Waals surface area contributed by atoms with Crippen LogP contribution in [0.4, 0.5) is 0 Å². The molecule has 0 bridgehead atoms. The monoisotopic (exact) mass is 671 g/mol. The molecule has 5 nitrogen and oxygen atoms in total. The predicted molar refractivity (Wildman–Crippen MR) is 209 cm³/mol. The van der Waals surface area contributed by atoms with Crippen molar-refractivity contribution < 1.29 is 0 Å². The molecule has 0 spiro atoms. The van der Waals surface area contributed by atoms with Crippen LogP contribution in [0.15, 0.2) is 157 Å². The van der Waals surface area contributed by atoms with Crippen molar-refractivity contribution in [2.45, 2.75) is 22.5 Å². The van der Waals surface area contributed by atoms with Gasteiger partial charge in [-0.15, -0.1) is 11.8 Å². The molecule has 0 N–H and O–H groups in total. The molecule has 2 unspecified atom stereocenters. The van der Waals surface area contributed by atoms with Crippen LogP contribution in [-0.4, -0.2) is 29.1 Å². The highest BCUT2D eigenvalue weighted by Crippen LogP contribution is 2.62. The van der Waals surface area contributed by atoms with Crippen molar-refractivity contribution in [2.24, 2.45) is 0 Å². The Morgan fingerprint density at radius 1 is 0.608 bits per heavy atom. The smallest absolute Gasteiger partial charge is 0.182 e. The molecule has 5 aromatic carbocycles. The maximum absolute atomic E-state index is 5.16. The van der Waals surface area contributed by atoms with E-state index in [0.717, 1.165) is 11.1 Å². The number of hydrogen-bond acceptors (Lipinski definition) is 5. The van der Waals surface area contributed by atoms with Crippen LogP contribution in [0.2, 0.25) is 0 Å². The summed E-state index contributed by atoms with van der Waals surface area (Å²) in [5, 5.41) is 5.09. The molecule has 5 heterocycles. The van der Waals surface area contributed by atoms with Gasteiger partial charge in [-0.1, -0.05) is 97.1 Å². The number of aromatic nitrogens is 5. The fraction of sp³-hybridized carbons (Fsp3) is 0.0667. The third kappa shape index (κ3) is 4.17. The van der Waals surface area contributed by atoms with Crippen molar-refractivity contribution in [1.82, 2.24) is 24.3 Å². The number of allylic oxidation sites excluding steroid dienone is 3. The van der Waals surface area contributed by atoms with Gasteiger partial charge in [0.2, 0.25) is 0 Å². The van der Waals surface area contributed by atoms with E-state index >= 15 is 0 Å². The number of para-hydroxylation sites is 2. The van der Waals surface area contributed by atoms with Crippen molar-refractivity contribution in [1.29, 1.82) is 0 Å². The first-order chi connectivity index (χ1) is 25.1. The van der Waals surface area contributed by atoms with Crippen molar-refractivity contribution >= 4 is 61.0 Å². The lowest BCUT2D eigenvalue weighted by atomic mass is 9.74. The van der Waals surface area contributed by atoms with E-state index in [2.05, 4.69) is 113 Å². The number of pyridine rings is 1. The second-order valence-corrected chi connectivity index (χ2v) is 15.1. The van der Waals surface area contributed by atoms with Crippen LogP contribution in [-0.2, 0) is 0 Å². The third-order valence-corrected chi connectivity index (χ3v) is 12.2. The van der Waals surface area contributed by atoms with E-state index in [0.29, 0.717) is 23.2 Å². The van der Waals surface area contributed by atoms with Gasteiger partial charge >= 0.3 is 0 Å². The minimum atomic E-state index is -0.247. The molecule has 0 radical (unpaired) electrons. The first-order valence-corrected chi connectivity index (χ1v) is 18.1. The van der Waals surface area contributed by atoms with Gasteiger partial charge in [0.25, 0.3) is 0 Å². The maximum atomic E-state index is 5.16. The van der Waals surface area contributed by atoms with Gasteiger partial charge in [0, 0.05) is 49.7 Å². The Hall–Kier alpha value is -6.11. The highest BCUT2D eigenvalue weighted by atomic mass is 32.2. The number of benzene rings is 5. The van der Waals surface area contributed by atoms with Crippen LogP contribution < -0.4 is 0 Å². The molecule has 240 valence electrons. The molecule has 6 heteroatoms. The van der Waals surface area contributed by atoms with Crippen LogP contribution >= 0.6 is 11.8 Å². The molecule has 1 aliphatic carbocycles. The lowest BCUT2D eigenvalue weighted by Crippen LogP contribution is -2.28. The number of rotatable bonds is 4. The summed E-state index contributed by atoms with van der Waals surface area (Å²) in [5.74, 6) is 1.95. The summed E-state index contributed by atoms with van der Waals surface area (Å²) in [6, 6.07) is 47.3. The summed E-state index contributed by atoms with van der Waals surface area (Å²) in [4.78, 5) is 21.1. The molecular weight excluding hydrogens is 643 g/mol. The van der Waals surface area contributed by atoms with Crippen LogP contribution in [0.25, 0.3) is 72.1 Å². The van der Waals surface area contributed by atoms with E-state index in [-0.39, 0.29) is 10.7 Å². The molecule has 51 heavy (non-hydrogen) atoms. The second kappa shape index (κ2) is 10.7. The number of hydrogen-bond donors (Lipinski definition) is 0. The van der Waals surface area contributed by atoms with Crippen LogP contribution in [0, 0.1) is 0 Å². The normalized spacial score (nSPS) is 18.3. The summed E-state index contributed by atoms with van der Waals surface area (Å²) in [6.45, 7) is 2.41. The first kappa shape index (κ1) is 28.7. The van der Waals surface area contributed by atoms with Crippen molar-refractivity contribution in [3.05, 3.63) is 169 Å². The summed E-state index contributed by atoms with van der Waals surface area (Å²) >= 11 is 1.96. The van der Waals surface area contributed by atoms with Gasteiger partial charge in [0.1, 0.15) is 5.69 Å². The van der Waals surface area contributed by atoms with E-state index < -0.39 is 0 Å². The standard InChI is InChI=1S/C45H29N5S/c1-45-35(28-23-33-30-15-5-8-19-38(30)50-39-20-9-6-16-31(39)34(24-28)41(33)50)25-29(26-36(45)32-17-7-10-21-40(32)51-45)43-47-42(27-13-3-2-4-14-27)48-44(49-43)37-18-11-12-22-46-37/h2-26,36H,1H3. The van der Waals surface area contributed by atoms with Crippen LogP contribution in [0.1, 0.15) is 29.8 Å². The molecule has 2 aliphatic rings. The van der Waals surface area contributed by atoms with Gasteiger partial charge in [-0.05, 0) is 72.2 Å². The number of nitrogens with zero attached hydrogens (tertiary/aromatic N) is 5. The predicted octanol–water partition coefficient (Wildman–Crippen LogP) is 10.9. The largest absolute Gasteiger partial charge is 0.308 e. The average Bonchev–Trinajstić information content (AvgIpc) is 3.82. The van der Waals surface area contributed by atoms with E-state index in [1.54, 1.807) is 6.20 Å². The molecule has 4 aromatic heterocycles. The van der Waals surface area contributed by atoms with Gasteiger partial charge in [-0.25, -0.2) is 15.0 Å². The van der Waals surface area contributed by atoms with Crippen molar-refractivity contribution in [3.8, 4) is 22.9 Å². The van der Waals surface area contributed by atoms with Crippen molar-refractivity contribution in [3.63, 3.8) is 0 Å². The molecule has 0 saturated heterocycles. The highest BCUT2D eigenvalue weighted by Gasteiger charge is 2.47. The van der Waals surface area contributed by atoms with E-state index in [1.807, 2.05) is 60.3 Å². The molecule has 1 aliphatic heterocycles. The van der Waals surface area contributed by atoms with Gasteiger partial charge in [-0.2, -0.15) is 0 Å². The highest BCUT2D eigenvalue weighted by molar-refractivity contribution is 8.01. The minimum Gasteiger partial charge on any atom is -0.308 e. The van der Waals surface area contributed by atoms with Crippen LogP contribution in [0.3, 0.4) is 0 Å². The molecule has 0 saturated carbocycles. The van der Waals surface area contributed by atoms with E-state index in [9.17, 15) is 0 Å². The Bertz CT molecular complexity index is 2770. The second-order valence-electron chi connectivity index (χ2n) is 13.6. The zero-order chi connectivity index (χ0) is 33.7. The summed E-state index contributed by atoms with van der Waals surface area (Å²) in [7, 11) is 0. The summed E-state index contributed by atoms with van der Waals surface area (Å²) in [5.41, 5.74) is 10.2. The zero-order valence-electron chi connectivity index (χ0n) is 27.7. The SMILES string of the molecule is CC12Sc3ccccc3C1C=C(c1nc(-c3ccccc3)nc(-c3ccccn3)n1)C=C2c1cc2c3ccccc3n3c4ccccc4c(c1)c23. The first-order valence-electron chi connectivity index (χ1n) is 17.3. The minimum absolute atomic E-state index is 0.113. The zero-order valence-corrected chi connectivity index (χ0v) is 28.5. The van der Waals surface area contributed by atoms with Gasteiger partial charge in [-0.3, -0.25) is 4.98 Å². The molecule has 0 amide bonds. The lowest BCUT2D eigenvalue weighted by molar-refractivity contribution is 0.720. The Labute approximate surface area is 298 Å². The Morgan fingerprint density at radius 2 is 1.25 bits per heavy atom.